The van der Waals surface area contributed by atoms with Gasteiger partial charge in [0.05, 0.1) is 23.5 Å². The molecule has 0 radical (unpaired) electrons. The van der Waals surface area contributed by atoms with Gasteiger partial charge in [-0.25, -0.2) is 4.68 Å². The minimum Gasteiger partial charge on any atom is -0.334 e. The molecule has 0 aliphatic carbocycles. The topological polar surface area (TPSA) is 58.4 Å². The van der Waals surface area contributed by atoms with Gasteiger partial charge in [-0.2, -0.15) is 5.10 Å². The maximum absolute atomic E-state index is 13.4. The average molecular weight is 505 g/mol. The summed E-state index contributed by atoms with van der Waals surface area (Å²) in [6, 6.07) is 23.6. The zero-order valence-corrected chi connectivity index (χ0v) is 20.2. The number of nitrogens with zero attached hydrogens (tertiary/aromatic N) is 4. The molecule has 1 aliphatic rings. The number of benzene rings is 3. The summed E-state index contributed by atoms with van der Waals surface area (Å²) in [5.74, 6) is -0.227. The Morgan fingerprint density at radius 3 is 2.11 bits per heavy atom. The molecule has 35 heavy (non-hydrogen) atoms. The van der Waals surface area contributed by atoms with E-state index in [4.69, 9.17) is 23.2 Å². The van der Waals surface area contributed by atoms with Crippen molar-refractivity contribution in [3.63, 3.8) is 0 Å². The number of para-hydroxylation sites is 1. The van der Waals surface area contributed by atoms with Gasteiger partial charge in [-0.05, 0) is 54.1 Å². The van der Waals surface area contributed by atoms with Crippen molar-refractivity contribution in [3.8, 4) is 5.69 Å². The van der Waals surface area contributed by atoms with Crippen LogP contribution in [0, 0.1) is 0 Å². The molecule has 1 unspecified atom stereocenters. The van der Waals surface area contributed by atoms with Crippen molar-refractivity contribution in [2.24, 2.45) is 0 Å². The Balaban J connectivity index is 1.40. The Morgan fingerprint density at radius 2 is 1.43 bits per heavy atom. The molecular weight excluding hydrogens is 483 g/mol. The molecule has 0 saturated carbocycles. The lowest BCUT2D eigenvalue weighted by molar-refractivity contribution is 0.0383. The molecule has 1 aromatic heterocycles. The number of amides is 2. The van der Waals surface area contributed by atoms with Crippen LogP contribution in [0.5, 0.6) is 0 Å². The van der Waals surface area contributed by atoms with Crippen molar-refractivity contribution in [2.45, 2.75) is 6.04 Å². The highest BCUT2D eigenvalue weighted by Crippen LogP contribution is 2.29. The summed E-state index contributed by atoms with van der Waals surface area (Å²) in [6.07, 6.45) is 3.32. The van der Waals surface area contributed by atoms with Crippen molar-refractivity contribution in [3.05, 3.63) is 118 Å². The molecule has 1 atom stereocenters. The molecule has 1 fully saturated rings. The van der Waals surface area contributed by atoms with Crippen LogP contribution in [0.25, 0.3) is 5.69 Å². The van der Waals surface area contributed by atoms with Crippen LogP contribution >= 0.6 is 23.2 Å². The second-order valence-corrected chi connectivity index (χ2v) is 9.21. The second kappa shape index (κ2) is 9.94. The van der Waals surface area contributed by atoms with E-state index in [1.807, 2.05) is 47.4 Å². The third-order valence-corrected chi connectivity index (χ3v) is 6.63. The molecule has 6 nitrogen and oxygen atoms in total. The average Bonchev–Trinajstić information content (AvgIpc) is 3.39. The van der Waals surface area contributed by atoms with Crippen molar-refractivity contribution in [2.75, 3.05) is 19.6 Å². The van der Waals surface area contributed by atoms with Gasteiger partial charge in [-0.15, -0.1) is 0 Å². The summed E-state index contributed by atoms with van der Waals surface area (Å²) >= 11 is 12.1. The number of aromatic nitrogens is 2. The van der Waals surface area contributed by atoms with Gasteiger partial charge < -0.3 is 9.80 Å². The van der Waals surface area contributed by atoms with Crippen molar-refractivity contribution >= 4 is 35.0 Å². The van der Waals surface area contributed by atoms with E-state index in [0.717, 1.165) is 11.3 Å². The van der Waals surface area contributed by atoms with E-state index in [-0.39, 0.29) is 17.9 Å². The van der Waals surface area contributed by atoms with Crippen molar-refractivity contribution < 1.29 is 9.59 Å². The molecule has 0 bridgehead atoms. The van der Waals surface area contributed by atoms with Gasteiger partial charge in [-0.3, -0.25) is 9.59 Å². The first kappa shape index (κ1) is 23.1. The fourth-order valence-electron chi connectivity index (χ4n) is 4.28. The van der Waals surface area contributed by atoms with Gasteiger partial charge in [0.15, 0.2) is 0 Å². The first-order valence-electron chi connectivity index (χ1n) is 11.2. The Bertz CT molecular complexity index is 1340. The first-order chi connectivity index (χ1) is 17.0. The number of hydrogen-bond donors (Lipinski definition) is 0. The molecule has 2 amide bonds. The summed E-state index contributed by atoms with van der Waals surface area (Å²) in [6.45, 7) is 1.17. The second-order valence-electron chi connectivity index (χ2n) is 8.33. The quantitative estimate of drug-likeness (QED) is 0.367. The van der Waals surface area contributed by atoms with Crippen LogP contribution in [0.2, 0.25) is 10.0 Å². The van der Waals surface area contributed by atoms with E-state index in [1.165, 1.54) is 0 Å². The molecule has 8 heteroatoms. The molecular formula is C27H22Cl2N4O2. The van der Waals surface area contributed by atoms with Crippen LogP contribution in [0.15, 0.2) is 91.3 Å². The van der Waals surface area contributed by atoms with Gasteiger partial charge >= 0.3 is 0 Å². The minimum absolute atomic E-state index is 0.106. The van der Waals surface area contributed by atoms with Crippen molar-refractivity contribution in [1.82, 2.24) is 19.6 Å². The normalized spacial score (nSPS) is 15.8. The lowest BCUT2D eigenvalue weighted by Gasteiger charge is -2.41. The number of rotatable bonds is 4. The zero-order chi connectivity index (χ0) is 24.4. The molecule has 1 aliphatic heterocycles. The molecule has 0 spiro atoms. The van der Waals surface area contributed by atoms with Crippen LogP contribution in [-0.4, -0.2) is 51.0 Å². The third-order valence-electron chi connectivity index (χ3n) is 6.12. The Morgan fingerprint density at radius 1 is 0.771 bits per heavy atom. The number of piperazine rings is 1. The van der Waals surface area contributed by atoms with E-state index in [0.29, 0.717) is 40.8 Å². The van der Waals surface area contributed by atoms with Gasteiger partial charge in [0.1, 0.15) is 0 Å². The Kier molecular flexibility index (Phi) is 6.57. The lowest BCUT2D eigenvalue weighted by atomic mass is 10.0. The fraction of sp³-hybridized carbons (Fsp3) is 0.148. The highest BCUT2D eigenvalue weighted by Gasteiger charge is 2.34. The van der Waals surface area contributed by atoms with Crippen LogP contribution in [0.1, 0.15) is 32.3 Å². The number of carbonyl (C=O) groups excluding carboxylic acids is 2. The van der Waals surface area contributed by atoms with Crippen LogP contribution in [0.4, 0.5) is 0 Å². The largest absolute Gasteiger partial charge is 0.334 e. The smallest absolute Gasteiger partial charge is 0.257 e. The number of carbonyl (C=O) groups is 2. The summed E-state index contributed by atoms with van der Waals surface area (Å²) in [7, 11) is 0. The zero-order valence-electron chi connectivity index (χ0n) is 18.7. The molecule has 5 rings (SSSR count). The Labute approximate surface area is 213 Å². The molecule has 0 N–H and O–H groups in total. The molecule has 2 heterocycles. The Hall–Kier alpha value is -3.61. The minimum atomic E-state index is -0.322. The molecule has 1 saturated heterocycles. The van der Waals surface area contributed by atoms with Gasteiger partial charge in [-0.1, -0.05) is 53.5 Å². The molecule has 4 aromatic rings. The van der Waals surface area contributed by atoms with Gasteiger partial charge in [0.2, 0.25) is 0 Å². The van der Waals surface area contributed by atoms with E-state index in [2.05, 4.69) is 5.10 Å². The maximum Gasteiger partial charge on any atom is 0.257 e. The van der Waals surface area contributed by atoms with E-state index in [1.54, 1.807) is 58.4 Å². The van der Waals surface area contributed by atoms with Crippen LogP contribution in [-0.2, 0) is 0 Å². The standard InChI is InChI=1S/C27H22Cl2N4O2/c28-22-10-6-19(7-11-22)25-18-31(14-15-32(25)27(35)20-8-12-23(29)13-9-20)26(34)21-16-30-33(17-21)24-4-2-1-3-5-24/h1-13,16-17,25H,14-15,18H2. The van der Waals surface area contributed by atoms with E-state index < -0.39 is 0 Å². The summed E-state index contributed by atoms with van der Waals surface area (Å²) in [5, 5.41) is 5.54. The lowest BCUT2D eigenvalue weighted by Crippen LogP contribution is -2.52. The predicted molar refractivity (Wildman–Crippen MR) is 136 cm³/mol. The first-order valence-corrected chi connectivity index (χ1v) is 12.0. The van der Waals surface area contributed by atoms with E-state index >= 15 is 0 Å². The van der Waals surface area contributed by atoms with Crippen LogP contribution < -0.4 is 0 Å². The SMILES string of the molecule is O=C(c1cnn(-c2ccccc2)c1)N1CCN(C(=O)c2ccc(Cl)cc2)C(c2ccc(Cl)cc2)C1. The maximum atomic E-state index is 13.4. The van der Waals surface area contributed by atoms with Crippen molar-refractivity contribution in [1.29, 1.82) is 0 Å². The highest BCUT2D eigenvalue weighted by atomic mass is 35.5. The third kappa shape index (κ3) is 4.94. The molecule has 3 aromatic carbocycles. The van der Waals surface area contributed by atoms with E-state index in [9.17, 15) is 9.59 Å². The number of halogens is 2. The summed E-state index contributed by atoms with van der Waals surface area (Å²) in [5.41, 5.74) is 2.84. The van der Waals surface area contributed by atoms with Crippen LogP contribution in [0.3, 0.4) is 0 Å². The van der Waals surface area contributed by atoms with Gasteiger partial charge in [0, 0.05) is 41.4 Å². The number of hydrogen-bond acceptors (Lipinski definition) is 3. The fourth-order valence-corrected chi connectivity index (χ4v) is 4.53. The summed E-state index contributed by atoms with van der Waals surface area (Å²) in [4.78, 5) is 30.4. The van der Waals surface area contributed by atoms with Gasteiger partial charge in [0.25, 0.3) is 11.8 Å². The highest BCUT2D eigenvalue weighted by molar-refractivity contribution is 6.30. The molecule has 176 valence electrons. The predicted octanol–water partition coefficient (Wildman–Crippen LogP) is 5.52. The summed E-state index contributed by atoms with van der Waals surface area (Å²) < 4.78 is 1.68. The monoisotopic (exact) mass is 504 g/mol.